The van der Waals surface area contributed by atoms with Crippen LogP contribution >= 0.6 is 15.9 Å². The molecule has 1 aromatic carbocycles. The van der Waals surface area contributed by atoms with Gasteiger partial charge in [0.05, 0.1) is 19.7 Å². The van der Waals surface area contributed by atoms with Gasteiger partial charge < -0.3 is 9.47 Å². The molecule has 0 amide bonds. The van der Waals surface area contributed by atoms with Gasteiger partial charge in [0, 0.05) is 17.0 Å². The number of fused-ring (bicyclic) bond motifs is 1. The smallest absolute Gasteiger partial charge is 0.324 e. The molecule has 1 aromatic heterocycles. The van der Waals surface area contributed by atoms with Crippen LogP contribution in [0.4, 0.5) is 4.39 Å². The summed E-state index contributed by atoms with van der Waals surface area (Å²) in [6, 6.07) is 6.31. The fraction of sp³-hybridized carbons (Fsp3) is 0.231. The van der Waals surface area contributed by atoms with E-state index in [0.717, 1.165) is 0 Å². The van der Waals surface area contributed by atoms with E-state index >= 15 is 0 Å². The number of hydrogen-bond acceptors (Lipinski definition) is 4. The minimum atomic E-state index is -0.916. The summed E-state index contributed by atoms with van der Waals surface area (Å²) in [4.78, 5) is 14.8. The van der Waals surface area contributed by atoms with Crippen molar-refractivity contribution in [3.8, 4) is 5.88 Å². The van der Waals surface area contributed by atoms with Crippen LogP contribution in [0.15, 0.2) is 24.3 Å². The molecule has 0 aliphatic rings. The maximum Gasteiger partial charge on any atom is 0.324 e. The number of ether oxygens (including phenoxy) is 2. The fourth-order valence-electron chi connectivity index (χ4n) is 1.74. The van der Waals surface area contributed by atoms with Crippen molar-refractivity contribution in [1.29, 1.82) is 0 Å². The van der Waals surface area contributed by atoms with Crippen LogP contribution in [-0.2, 0) is 9.53 Å². The Kier molecular flexibility index (Phi) is 3.99. The zero-order valence-electron chi connectivity index (χ0n) is 10.3. The maximum atomic E-state index is 14.0. The van der Waals surface area contributed by atoms with Gasteiger partial charge in [0.2, 0.25) is 5.88 Å². The van der Waals surface area contributed by atoms with Gasteiger partial charge in [0.1, 0.15) is 10.6 Å². The zero-order chi connectivity index (χ0) is 14.0. The normalized spacial score (nSPS) is 12.2. The number of methoxy groups -OCH3 is 2. The van der Waals surface area contributed by atoms with E-state index in [0.29, 0.717) is 16.8 Å². The summed E-state index contributed by atoms with van der Waals surface area (Å²) in [6.45, 7) is 0. The first-order chi connectivity index (χ1) is 9.08. The minimum absolute atomic E-state index is 0.142. The molecule has 0 saturated carbocycles. The summed E-state index contributed by atoms with van der Waals surface area (Å²) < 4.78 is 23.6. The average Bonchev–Trinajstić information content (AvgIpc) is 2.44. The van der Waals surface area contributed by atoms with Crippen LogP contribution in [0, 0.1) is 5.82 Å². The highest BCUT2D eigenvalue weighted by Crippen LogP contribution is 2.33. The van der Waals surface area contributed by atoms with Gasteiger partial charge in [-0.2, -0.15) is 0 Å². The second-order valence-electron chi connectivity index (χ2n) is 3.77. The van der Waals surface area contributed by atoms with E-state index in [2.05, 4.69) is 25.7 Å². The molecule has 1 unspecified atom stereocenters. The van der Waals surface area contributed by atoms with Gasteiger partial charge >= 0.3 is 5.97 Å². The van der Waals surface area contributed by atoms with E-state index in [1.807, 2.05) is 0 Å². The predicted octanol–water partition coefficient (Wildman–Crippen LogP) is 2.99. The molecule has 0 aliphatic heterocycles. The number of aromatic nitrogens is 1. The number of carbonyl (C=O) groups is 1. The maximum absolute atomic E-state index is 14.0. The molecular weight excluding hydrogens is 317 g/mol. The summed E-state index contributed by atoms with van der Waals surface area (Å²) in [6.07, 6.45) is 0. The lowest BCUT2D eigenvalue weighted by atomic mass is 10.1. The predicted molar refractivity (Wildman–Crippen MR) is 71.9 cm³/mol. The van der Waals surface area contributed by atoms with Crippen LogP contribution < -0.4 is 4.74 Å². The molecule has 0 aliphatic carbocycles. The molecule has 2 rings (SSSR count). The van der Waals surface area contributed by atoms with Gasteiger partial charge in [0.15, 0.2) is 0 Å². The number of nitrogens with zero attached hydrogens (tertiary/aromatic N) is 1. The standard InChI is InChI=1S/C13H11BrFNO3/c1-18-9-6-4-7-3-5-8(15)10(12(7)16-9)11(14)13(17)19-2/h3-6,11H,1-2H3. The highest BCUT2D eigenvalue weighted by Gasteiger charge is 2.24. The molecule has 6 heteroatoms. The lowest BCUT2D eigenvalue weighted by molar-refractivity contribution is -0.139. The second-order valence-corrected chi connectivity index (χ2v) is 4.69. The lowest BCUT2D eigenvalue weighted by Crippen LogP contribution is -2.11. The first-order valence-electron chi connectivity index (χ1n) is 5.43. The Hall–Kier alpha value is -1.69. The number of alkyl halides is 1. The highest BCUT2D eigenvalue weighted by molar-refractivity contribution is 9.09. The van der Waals surface area contributed by atoms with E-state index < -0.39 is 16.6 Å². The largest absolute Gasteiger partial charge is 0.481 e. The first-order valence-corrected chi connectivity index (χ1v) is 6.35. The Morgan fingerprint density at radius 2 is 2.00 bits per heavy atom. The number of esters is 1. The SMILES string of the molecule is COC(=O)C(Br)c1c(F)ccc2ccc(OC)nc12. The lowest BCUT2D eigenvalue weighted by Gasteiger charge is -2.12. The number of benzene rings is 1. The van der Waals surface area contributed by atoms with Gasteiger partial charge in [-0.05, 0) is 18.2 Å². The molecule has 0 spiro atoms. The molecule has 0 saturated heterocycles. The molecule has 2 aromatic rings. The molecule has 1 heterocycles. The Labute approximate surface area is 117 Å². The highest BCUT2D eigenvalue weighted by atomic mass is 79.9. The quantitative estimate of drug-likeness (QED) is 0.642. The summed E-state index contributed by atoms with van der Waals surface area (Å²) in [5.74, 6) is -0.763. The van der Waals surface area contributed by atoms with E-state index in [1.54, 1.807) is 18.2 Å². The third-order valence-corrected chi connectivity index (χ3v) is 3.52. The molecule has 0 radical (unpaired) electrons. The van der Waals surface area contributed by atoms with Crippen LogP contribution in [0.1, 0.15) is 10.4 Å². The number of pyridine rings is 1. The van der Waals surface area contributed by atoms with Crippen LogP contribution in [0.5, 0.6) is 5.88 Å². The van der Waals surface area contributed by atoms with Gasteiger partial charge in [-0.25, -0.2) is 9.37 Å². The van der Waals surface area contributed by atoms with Crippen molar-refractivity contribution in [2.75, 3.05) is 14.2 Å². The van der Waals surface area contributed by atoms with Crippen molar-refractivity contribution in [2.24, 2.45) is 0 Å². The van der Waals surface area contributed by atoms with Crippen LogP contribution in [0.3, 0.4) is 0 Å². The first kappa shape index (κ1) is 13.7. The van der Waals surface area contributed by atoms with Crippen molar-refractivity contribution in [3.63, 3.8) is 0 Å². The minimum Gasteiger partial charge on any atom is -0.481 e. The Bertz CT molecular complexity index is 633. The van der Waals surface area contributed by atoms with Gasteiger partial charge in [-0.1, -0.05) is 15.9 Å². The Morgan fingerprint density at radius 3 is 2.63 bits per heavy atom. The topological polar surface area (TPSA) is 48.4 Å². The van der Waals surface area contributed by atoms with Crippen LogP contribution in [-0.4, -0.2) is 25.2 Å². The van der Waals surface area contributed by atoms with Crippen molar-refractivity contribution < 1.29 is 18.7 Å². The summed E-state index contributed by atoms with van der Waals surface area (Å²) in [5, 5.41) is 0.713. The van der Waals surface area contributed by atoms with Crippen molar-refractivity contribution in [3.05, 3.63) is 35.6 Å². The van der Waals surface area contributed by atoms with E-state index in [-0.39, 0.29) is 5.56 Å². The molecular formula is C13H11BrFNO3. The Balaban J connectivity index is 2.69. The average molecular weight is 328 g/mol. The summed E-state index contributed by atoms with van der Waals surface area (Å²) >= 11 is 3.13. The third kappa shape index (κ3) is 2.53. The number of halogens is 2. The molecule has 0 N–H and O–H groups in total. The van der Waals surface area contributed by atoms with Crippen LogP contribution in [0.25, 0.3) is 10.9 Å². The Morgan fingerprint density at radius 1 is 1.32 bits per heavy atom. The molecule has 0 fully saturated rings. The van der Waals surface area contributed by atoms with E-state index in [9.17, 15) is 9.18 Å². The summed E-state index contributed by atoms with van der Waals surface area (Å²) in [5.41, 5.74) is 0.509. The zero-order valence-corrected chi connectivity index (χ0v) is 11.9. The molecule has 4 nitrogen and oxygen atoms in total. The third-order valence-electron chi connectivity index (χ3n) is 2.69. The van der Waals surface area contributed by atoms with Crippen molar-refractivity contribution >= 4 is 32.8 Å². The molecule has 19 heavy (non-hydrogen) atoms. The monoisotopic (exact) mass is 327 g/mol. The van der Waals surface area contributed by atoms with Crippen molar-refractivity contribution in [1.82, 2.24) is 4.98 Å². The number of rotatable bonds is 3. The second kappa shape index (κ2) is 5.52. The molecule has 0 bridgehead atoms. The van der Waals surface area contributed by atoms with Gasteiger partial charge in [-0.3, -0.25) is 4.79 Å². The molecule has 100 valence electrons. The van der Waals surface area contributed by atoms with E-state index in [4.69, 9.17) is 4.74 Å². The fourth-order valence-corrected chi connectivity index (χ4v) is 2.37. The van der Waals surface area contributed by atoms with Crippen molar-refractivity contribution in [2.45, 2.75) is 4.83 Å². The summed E-state index contributed by atoms with van der Waals surface area (Å²) in [7, 11) is 2.71. The molecule has 1 atom stereocenters. The van der Waals surface area contributed by atoms with Gasteiger partial charge in [-0.15, -0.1) is 0 Å². The number of carbonyl (C=O) groups excluding carboxylic acids is 1. The number of hydrogen-bond donors (Lipinski definition) is 0. The van der Waals surface area contributed by atoms with Gasteiger partial charge in [0.25, 0.3) is 0 Å². The van der Waals surface area contributed by atoms with E-state index in [1.165, 1.54) is 20.3 Å². The van der Waals surface area contributed by atoms with Crippen LogP contribution in [0.2, 0.25) is 0 Å².